The quantitative estimate of drug-likeness (QED) is 0.497. The van der Waals surface area contributed by atoms with Crippen molar-refractivity contribution in [2.24, 2.45) is 0 Å². The summed E-state index contributed by atoms with van der Waals surface area (Å²) in [5, 5.41) is 0. The lowest BCUT2D eigenvalue weighted by Gasteiger charge is -2.13. The number of hydrogen-bond acceptors (Lipinski definition) is 2. The molecule has 96 valence electrons. The van der Waals surface area contributed by atoms with E-state index in [1.165, 1.54) is 32.1 Å². The fourth-order valence-electron chi connectivity index (χ4n) is 1.88. The van der Waals surface area contributed by atoms with Crippen molar-refractivity contribution < 1.29 is 9.53 Å². The molecule has 0 radical (unpaired) electrons. The van der Waals surface area contributed by atoms with Crippen molar-refractivity contribution >= 4 is 5.78 Å². The lowest BCUT2D eigenvalue weighted by Crippen LogP contribution is -2.23. The van der Waals surface area contributed by atoms with Crippen molar-refractivity contribution in [1.82, 2.24) is 0 Å². The molecule has 0 aromatic rings. The molecule has 16 heavy (non-hydrogen) atoms. The molecule has 0 amide bonds. The highest BCUT2D eigenvalue weighted by molar-refractivity contribution is 5.82. The van der Waals surface area contributed by atoms with E-state index in [1.54, 1.807) is 0 Å². The average molecular weight is 228 g/mol. The van der Waals surface area contributed by atoms with E-state index in [-0.39, 0.29) is 6.10 Å². The van der Waals surface area contributed by atoms with Crippen LogP contribution in [-0.2, 0) is 9.53 Å². The molecule has 0 saturated heterocycles. The van der Waals surface area contributed by atoms with E-state index in [0.29, 0.717) is 18.8 Å². The summed E-state index contributed by atoms with van der Waals surface area (Å²) in [7, 11) is 0. The second-order valence-electron chi connectivity index (χ2n) is 4.34. The molecule has 0 aromatic heterocycles. The minimum Gasteiger partial charge on any atom is -0.371 e. The third kappa shape index (κ3) is 7.86. The van der Waals surface area contributed by atoms with Gasteiger partial charge < -0.3 is 4.74 Å². The van der Waals surface area contributed by atoms with E-state index < -0.39 is 0 Å². The molecule has 0 rings (SSSR count). The minimum atomic E-state index is -0.152. The van der Waals surface area contributed by atoms with Crippen LogP contribution in [0.3, 0.4) is 0 Å². The number of carbonyl (C=O) groups excluding carboxylic acids is 1. The van der Waals surface area contributed by atoms with Gasteiger partial charge in [-0.1, -0.05) is 46.0 Å². The van der Waals surface area contributed by atoms with E-state index in [1.807, 2.05) is 13.8 Å². The highest BCUT2D eigenvalue weighted by Gasteiger charge is 2.15. The Morgan fingerprint density at radius 1 is 1.00 bits per heavy atom. The molecule has 0 bridgehead atoms. The standard InChI is InChI=1S/C14H28O2/c1-4-7-8-9-10-11-12-13(15)14(5-2)16-6-3/h14H,4-12H2,1-3H3. The number of hydrogen-bond donors (Lipinski definition) is 0. The second kappa shape index (κ2) is 11.1. The van der Waals surface area contributed by atoms with Crippen LogP contribution in [0.25, 0.3) is 0 Å². The van der Waals surface area contributed by atoms with Gasteiger partial charge in [0, 0.05) is 13.0 Å². The van der Waals surface area contributed by atoms with E-state index in [0.717, 1.165) is 12.8 Å². The van der Waals surface area contributed by atoms with Crippen LogP contribution in [0.1, 0.15) is 72.1 Å². The van der Waals surface area contributed by atoms with Crippen LogP contribution in [0.2, 0.25) is 0 Å². The highest BCUT2D eigenvalue weighted by atomic mass is 16.5. The fraction of sp³-hybridized carbons (Fsp3) is 0.929. The summed E-state index contributed by atoms with van der Waals surface area (Å²) in [6, 6.07) is 0. The normalized spacial score (nSPS) is 12.7. The Labute approximate surface area is 101 Å². The molecular formula is C14H28O2. The van der Waals surface area contributed by atoms with Crippen molar-refractivity contribution in [1.29, 1.82) is 0 Å². The van der Waals surface area contributed by atoms with E-state index in [4.69, 9.17) is 4.74 Å². The number of ketones is 1. The van der Waals surface area contributed by atoms with Crippen molar-refractivity contribution in [2.75, 3.05) is 6.61 Å². The first-order valence-corrected chi connectivity index (χ1v) is 6.90. The Bertz CT molecular complexity index is 166. The Balaban J connectivity index is 3.47. The summed E-state index contributed by atoms with van der Waals surface area (Å²) in [6.45, 7) is 6.82. The first kappa shape index (κ1) is 15.6. The molecule has 2 nitrogen and oxygen atoms in total. The molecule has 0 aromatic carbocycles. The molecular weight excluding hydrogens is 200 g/mol. The lowest BCUT2D eigenvalue weighted by molar-refractivity contribution is -0.130. The maximum atomic E-state index is 11.7. The maximum absolute atomic E-state index is 11.7. The first-order chi connectivity index (χ1) is 7.76. The van der Waals surface area contributed by atoms with Gasteiger partial charge in [0.2, 0.25) is 0 Å². The Morgan fingerprint density at radius 2 is 1.62 bits per heavy atom. The number of ether oxygens (including phenoxy) is 1. The van der Waals surface area contributed by atoms with Gasteiger partial charge >= 0.3 is 0 Å². The molecule has 0 saturated carbocycles. The summed E-state index contributed by atoms with van der Waals surface area (Å²) in [6.07, 6.45) is 8.76. The largest absolute Gasteiger partial charge is 0.371 e. The Hall–Kier alpha value is -0.370. The third-order valence-electron chi connectivity index (χ3n) is 2.87. The van der Waals surface area contributed by atoms with Gasteiger partial charge in [-0.25, -0.2) is 0 Å². The van der Waals surface area contributed by atoms with Gasteiger partial charge in [0.1, 0.15) is 6.10 Å². The molecule has 0 aliphatic rings. The highest BCUT2D eigenvalue weighted by Crippen LogP contribution is 2.10. The minimum absolute atomic E-state index is 0.152. The second-order valence-corrected chi connectivity index (χ2v) is 4.34. The predicted molar refractivity (Wildman–Crippen MR) is 68.7 cm³/mol. The van der Waals surface area contributed by atoms with E-state index in [9.17, 15) is 4.79 Å². The molecule has 0 aliphatic heterocycles. The smallest absolute Gasteiger partial charge is 0.161 e. The summed E-state index contributed by atoms with van der Waals surface area (Å²) in [4.78, 5) is 11.7. The predicted octanol–water partition coefficient (Wildman–Crippen LogP) is 4.12. The Kier molecular flexibility index (Phi) is 10.9. The van der Waals surface area contributed by atoms with Crippen molar-refractivity contribution in [3.63, 3.8) is 0 Å². The molecule has 0 N–H and O–H groups in total. The lowest BCUT2D eigenvalue weighted by atomic mass is 10.0. The van der Waals surface area contributed by atoms with Gasteiger partial charge in [-0.2, -0.15) is 0 Å². The monoisotopic (exact) mass is 228 g/mol. The third-order valence-corrected chi connectivity index (χ3v) is 2.87. The summed E-state index contributed by atoms with van der Waals surface area (Å²) >= 11 is 0. The molecule has 1 atom stereocenters. The van der Waals surface area contributed by atoms with Crippen molar-refractivity contribution in [3.8, 4) is 0 Å². The molecule has 2 heteroatoms. The fourth-order valence-corrected chi connectivity index (χ4v) is 1.88. The molecule has 0 spiro atoms. The van der Waals surface area contributed by atoms with Gasteiger partial charge in [-0.15, -0.1) is 0 Å². The van der Waals surface area contributed by atoms with Gasteiger partial charge in [-0.05, 0) is 19.8 Å². The number of Topliss-reactive ketones (excluding diaryl/α,β-unsaturated/α-hetero) is 1. The number of carbonyl (C=O) groups is 1. The molecule has 1 unspecified atom stereocenters. The zero-order valence-electron chi connectivity index (χ0n) is 11.3. The van der Waals surface area contributed by atoms with Crippen LogP contribution in [0.15, 0.2) is 0 Å². The van der Waals surface area contributed by atoms with Gasteiger partial charge in [0.15, 0.2) is 5.78 Å². The molecule has 0 fully saturated rings. The first-order valence-electron chi connectivity index (χ1n) is 6.90. The average Bonchev–Trinajstić information content (AvgIpc) is 2.30. The van der Waals surface area contributed by atoms with Gasteiger partial charge in [-0.3, -0.25) is 4.79 Å². The Morgan fingerprint density at radius 3 is 2.19 bits per heavy atom. The van der Waals surface area contributed by atoms with Crippen molar-refractivity contribution in [3.05, 3.63) is 0 Å². The number of unbranched alkanes of at least 4 members (excludes halogenated alkanes) is 5. The molecule has 0 aliphatic carbocycles. The van der Waals surface area contributed by atoms with Crippen molar-refractivity contribution in [2.45, 2.75) is 78.2 Å². The van der Waals surface area contributed by atoms with E-state index >= 15 is 0 Å². The topological polar surface area (TPSA) is 26.3 Å². The SMILES string of the molecule is CCCCCCCCC(=O)C(CC)OCC. The van der Waals surface area contributed by atoms with Crippen LogP contribution in [0, 0.1) is 0 Å². The summed E-state index contributed by atoms with van der Waals surface area (Å²) in [5.74, 6) is 0.292. The van der Waals surface area contributed by atoms with Crippen LogP contribution in [0.5, 0.6) is 0 Å². The van der Waals surface area contributed by atoms with Crippen LogP contribution in [-0.4, -0.2) is 18.5 Å². The van der Waals surface area contributed by atoms with Crippen LogP contribution >= 0.6 is 0 Å². The van der Waals surface area contributed by atoms with Crippen LogP contribution < -0.4 is 0 Å². The van der Waals surface area contributed by atoms with Crippen LogP contribution in [0.4, 0.5) is 0 Å². The van der Waals surface area contributed by atoms with Gasteiger partial charge in [0.05, 0.1) is 0 Å². The zero-order chi connectivity index (χ0) is 12.2. The summed E-state index contributed by atoms with van der Waals surface area (Å²) in [5.41, 5.74) is 0. The number of rotatable bonds is 11. The van der Waals surface area contributed by atoms with E-state index in [2.05, 4.69) is 6.92 Å². The zero-order valence-corrected chi connectivity index (χ0v) is 11.3. The molecule has 0 heterocycles. The summed E-state index contributed by atoms with van der Waals surface area (Å²) < 4.78 is 5.40. The van der Waals surface area contributed by atoms with Gasteiger partial charge in [0.25, 0.3) is 0 Å². The maximum Gasteiger partial charge on any atom is 0.161 e.